The van der Waals surface area contributed by atoms with Crippen molar-refractivity contribution in [1.82, 2.24) is 15.6 Å². The van der Waals surface area contributed by atoms with Gasteiger partial charge in [-0.3, -0.25) is 4.79 Å². The van der Waals surface area contributed by atoms with Gasteiger partial charge >= 0.3 is 0 Å². The lowest BCUT2D eigenvalue weighted by Gasteiger charge is -2.47. The summed E-state index contributed by atoms with van der Waals surface area (Å²) in [6.45, 7) is 10.5. The Morgan fingerprint density at radius 1 is 1.32 bits per heavy atom. The number of amides is 1. The third-order valence-corrected chi connectivity index (χ3v) is 7.15. The van der Waals surface area contributed by atoms with E-state index in [4.69, 9.17) is 4.74 Å². The molecule has 1 amide bonds. The molecule has 4 rings (SSSR count). The van der Waals surface area contributed by atoms with Crippen molar-refractivity contribution in [2.45, 2.75) is 83.1 Å². The lowest BCUT2D eigenvalue weighted by atomic mass is 9.73. The Bertz CT molecular complexity index is 1140. The first-order valence-electron chi connectivity index (χ1n) is 12.9. The molecule has 1 aromatic heterocycles. The summed E-state index contributed by atoms with van der Waals surface area (Å²) in [6, 6.07) is 4.15. The second-order valence-corrected chi connectivity index (χ2v) is 11.6. The summed E-state index contributed by atoms with van der Waals surface area (Å²) < 4.78 is 33.7. The SMILES string of the molecule is C=CC[C@H](NC(=O)c1ccc(F)cc1F)[C@H](O)CN[C@H]1CC2(CCC2)Oc2ncc(CC(C)(C)C)cc21. The van der Waals surface area contributed by atoms with E-state index in [1.54, 1.807) is 6.08 Å². The van der Waals surface area contributed by atoms with E-state index >= 15 is 0 Å². The Morgan fingerprint density at radius 3 is 2.70 bits per heavy atom. The topological polar surface area (TPSA) is 83.5 Å². The number of aliphatic hydroxyl groups excluding tert-OH is 1. The van der Waals surface area contributed by atoms with Crippen molar-refractivity contribution in [2.24, 2.45) is 5.41 Å². The molecule has 0 bridgehead atoms. The second-order valence-electron chi connectivity index (χ2n) is 11.6. The van der Waals surface area contributed by atoms with Crippen molar-refractivity contribution in [3.8, 4) is 5.88 Å². The van der Waals surface area contributed by atoms with Gasteiger partial charge in [-0.05, 0) is 61.3 Å². The van der Waals surface area contributed by atoms with Crippen LogP contribution in [-0.2, 0) is 6.42 Å². The van der Waals surface area contributed by atoms with Crippen LogP contribution in [0.5, 0.6) is 5.88 Å². The maximum absolute atomic E-state index is 14.1. The number of hydrogen-bond acceptors (Lipinski definition) is 5. The highest BCUT2D eigenvalue weighted by atomic mass is 19.1. The third-order valence-electron chi connectivity index (χ3n) is 7.15. The molecule has 3 N–H and O–H groups in total. The van der Waals surface area contributed by atoms with Crippen molar-refractivity contribution in [2.75, 3.05) is 6.54 Å². The van der Waals surface area contributed by atoms with Crippen molar-refractivity contribution >= 4 is 5.91 Å². The van der Waals surface area contributed by atoms with Crippen molar-refractivity contribution in [1.29, 1.82) is 0 Å². The highest BCUT2D eigenvalue weighted by Crippen LogP contribution is 2.48. The van der Waals surface area contributed by atoms with Gasteiger partial charge in [-0.25, -0.2) is 13.8 Å². The highest BCUT2D eigenvalue weighted by molar-refractivity contribution is 5.94. The van der Waals surface area contributed by atoms with Crippen LogP contribution in [0.3, 0.4) is 0 Å². The van der Waals surface area contributed by atoms with Crippen LogP contribution in [0.1, 0.15) is 80.4 Å². The monoisotopic (exact) mass is 513 g/mol. The predicted molar refractivity (Wildman–Crippen MR) is 138 cm³/mol. The minimum Gasteiger partial charge on any atom is -0.471 e. The molecule has 1 fully saturated rings. The molecule has 2 heterocycles. The van der Waals surface area contributed by atoms with E-state index in [0.29, 0.717) is 11.9 Å². The summed E-state index contributed by atoms with van der Waals surface area (Å²) in [5.74, 6) is -1.80. The smallest absolute Gasteiger partial charge is 0.254 e. The van der Waals surface area contributed by atoms with Crippen LogP contribution in [0.15, 0.2) is 43.1 Å². The van der Waals surface area contributed by atoms with Gasteiger partial charge < -0.3 is 20.5 Å². The van der Waals surface area contributed by atoms with Gasteiger partial charge in [0.1, 0.15) is 17.2 Å². The van der Waals surface area contributed by atoms with E-state index in [1.165, 1.54) is 0 Å². The van der Waals surface area contributed by atoms with Gasteiger partial charge in [-0.1, -0.05) is 26.8 Å². The first-order valence-corrected chi connectivity index (χ1v) is 12.9. The number of carbonyl (C=O) groups excluding carboxylic acids is 1. The van der Waals surface area contributed by atoms with Crippen molar-refractivity contribution in [3.63, 3.8) is 0 Å². The summed E-state index contributed by atoms with van der Waals surface area (Å²) in [5, 5.41) is 17.2. The molecule has 1 aromatic carbocycles. The number of halogens is 2. The zero-order valence-electron chi connectivity index (χ0n) is 21.8. The van der Waals surface area contributed by atoms with Crippen molar-refractivity contribution < 1.29 is 23.4 Å². The maximum atomic E-state index is 14.1. The number of nitrogens with one attached hydrogen (secondary N) is 2. The van der Waals surface area contributed by atoms with Crippen LogP contribution < -0.4 is 15.4 Å². The molecule has 2 aromatic rings. The Kier molecular flexibility index (Phi) is 7.99. The maximum Gasteiger partial charge on any atom is 0.254 e. The lowest BCUT2D eigenvalue weighted by Crippen LogP contribution is -2.52. The molecule has 37 heavy (non-hydrogen) atoms. The quantitative estimate of drug-likeness (QED) is 0.410. The van der Waals surface area contributed by atoms with E-state index in [-0.39, 0.29) is 35.6 Å². The van der Waals surface area contributed by atoms with Crippen LogP contribution in [-0.4, -0.2) is 40.3 Å². The molecule has 1 spiro atoms. The molecule has 1 aliphatic heterocycles. The number of pyridine rings is 1. The Balaban J connectivity index is 1.48. The number of aromatic nitrogens is 1. The van der Waals surface area contributed by atoms with Gasteiger partial charge in [-0.15, -0.1) is 6.58 Å². The molecule has 6 nitrogen and oxygen atoms in total. The van der Waals surface area contributed by atoms with E-state index < -0.39 is 29.7 Å². The standard InChI is InChI=1S/C29H37F2N3O3/c1-5-7-23(34-26(36)20-9-8-19(30)13-22(20)31)25(35)17-32-24-15-29(10-6-11-29)37-27-21(24)12-18(16-33-27)14-28(2,3)4/h5,8-9,12-13,16,23-25,32,35H,1,6-7,10-11,14-15,17H2,2-4H3,(H,34,36)/t23-,24-,25+/m0/s1. The van der Waals surface area contributed by atoms with Crippen LogP contribution in [0.2, 0.25) is 0 Å². The molecule has 8 heteroatoms. The summed E-state index contributed by atoms with van der Waals surface area (Å²) in [4.78, 5) is 17.3. The fraction of sp³-hybridized carbons (Fsp3) is 0.517. The number of nitrogens with zero attached hydrogens (tertiary/aromatic N) is 1. The first kappa shape index (κ1) is 27.2. The molecule has 200 valence electrons. The fourth-order valence-corrected chi connectivity index (χ4v) is 5.16. The summed E-state index contributed by atoms with van der Waals surface area (Å²) in [7, 11) is 0. The molecule has 0 unspecified atom stereocenters. The third kappa shape index (κ3) is 6.54. The van der Waals surface area contributed by atoms with Gasteiger partial charge in [0.2, 0.25) is 5.88 Å². The van der Waals surface area contributed by atoms with E-state index in [0.717, 1.165) is 55.4 Å². The number of carbonyl (C=O) groups is 1. The summed E-state index contributed by atoms with van der Waals surface area (Å²) >= 11 is 0. The molecular weight excluding hydrogens is 476 g/mol. The number of hydrogen-bond donors (Lipinski definition) is 3. The van der Waals surface area contributed by atoms with Crippen LogP contribution in [0.25, 0.3) is 0 Å². The lowest BCUT2D eigenvalue weighted by molar-refractivity contribution is -0.0420. The fourth-order valence-electron chi connectivity index (χ4n) is 5.16. The summed E-state index contributed by atoms with van der Waals surface area (Å²) in [6.07, 6.45) is 7.48. The normalized spacial score (nSPS) is 19.8. The number of ether oxygens (including phenoxy) is 1. The molecule has 2 aliphatic rings. The minimum absolute atomic E-state index is 0.0688. The molecule has 0 saturated heterocycles. The zero-order valence-corrected chi connectivity index (χ0v) is 21.8. The number of aliphatic hydroxyl groups is 1. The van der Waals surface area contributed by atoms with Gasteiger partial charge in [0.25, 0.3) is 5.91 Å². The van der Waals surface area contributed by atoms with Crippen LogP contribution >= 0.6 is 0 Å². The molecule has 1 saturated carbocycles. The number of benzene rings is 1. The Morgan fingerprint density at radius 2 is 2.08 bits per heavy atom. The van der Waals surface area contributed by atoms with Gasteiger partial charge in [0.05, 0.1) is 17.7 Å². The number of rotatable bonds is 9. The second kappa shape index (κ2) is 10.9. The number of fused-ring (bicyclic) bond motifs is 1. The van der Waals surface area contributed by atoms with Gasteiger partial charge in [0.15, 0.2) is 0 Å². The van der Waals surface area contributed by atoms with Crippen LogP contribution in [0, 0.1) is 17.0 Å². The minimum atomic E-state index is -0.972. The predicted octanol–water partition coefficient (Wildman–Crippen LogP) is 5.02. The van der Waals surface area contributed by atoms with Crippen LogP contribution in [0.4, 0.5) is 8.78 Å². The van der Waals surface area contributed by atoms with Gasteiger partial charge in [0, 0.05) is 36.8 Å². The average molecular weight is 514 g/mol. The highest BCUT2D eigenvalue weighted by Gasteiger charge is 2.46. The van der Waals surface area contributed by atoms with Crippen molar-refractivity contribution in [3.05, 3.63) is 71.4 Å². The Hall–Kier alpha value is -2.84. The zero-order chi connectivity index (χ0) is 26.8. The van der Waals surface area contributed by atoms with Gasteiger partial charge in [-0.2, -0.15) is 0 Å². The summed E-state index contributed by atoms with van der Waals surface area (Å²) in [5.41, 5.74) is 1.70. The Labute approximate surface area is 217 Å². The average Bonchev–Trinajstić information content (AvgIpc) is 2.79. The van der Waals surface area contributed by atoms with E-state index in [1.807, 2.05) is 6.20 Å². The largest absolute Gasteiger partial charge is 0.471 e. The first-order chi connectivity index (χ1) is 17.5. The molecule has 3 atom stereocenters. The van der Waals surface area contributed by atoms with E-state index in [9.17, 15) is 18.7 Å². The molecule has 0 radical (unpaired) electrons. The molecular formula is C29H37F2N3O3. The van der Waals surface area contributed by atoms with E-state index in [2.05, 4.69) is 49.0 Å². The molecule has 1 aliphatic carbocycles.